The summed E-state index contributed by atoms with van der Waals surface area (Å²) < 4.78 is 0. The van der Waals surface area contributed by atoms with Crippen LogP contribution in [0.1, 0.15) is 52.5 Å². The summed E-state index contributed by atoms with van der Waals surface area (Å²) in [4.78, 5) is 58.7. The molecule has 0 aliphatic rings. The average molecular weight is 573 g/mol. The summed E-state index contributed by atoms with van der Waals surface area (Å²) >= 11 is 0. The highest BCUT2D eigenvalue weighted by atomic mass is 16.4. The van der Waals surface area contributed by atoms with Gasteiger partial charge in [-0.05, 0) is 36.3 Å². The lowest BCUT2D eigenvalue weighted by molar-refractivity contribution is -0.143. The number of amides is 3. The van der Waals surface area contributed by atoms with Gasteiger partial charge in [-0.15, -0.1) is 0 Å². The molecule has 3 amide bonds. The summed E-state index contributed by atoms with van der Waals surface area (Å²) in [5.41, 5.74) is 18.3. The topological polar surface area (TPSA) is 231 Å². The van der Waals surface area contributed by atoms with Crippen molar-refractivity contribution in [3.05, 3.63) is 36.0 Å². The van der Waals surface area contributed by atoms with Gasteiger partial charge < -0.3 is 43.2 Å². The summed E-state index contributed by atoms with van der Waals surface area (Å²) in [6.45, 7) is 7.45. The number of rotatable bonds is 16. The van der Waals surface area contributed by atoms with Crippen molar-refractivity contribution in [3.8, 4) is 0 Å². The van der Waals surface area contributed by atoms with Gasteiger partial charge in [0.15, 0.2) is 5.96 Å². The van der Waals surface area contributed by atoms with E-state index in [1.807, 2.05) is 31.2 Å². The lowest BCUT2D eigenvalue weighted by atomic mass is 9.96. The first kappa shape index (κ1) is 33.1. The Morgan fingerprint density at radius 3 is 2.24 bits per heavy atom. The zero-order chi connectivity index (χ0) is 30.7. The van der Waals surface area contributed by atoms with E-state index in [-0.39, 0.29) is 37.2 Å². The number of carboxylic acids is 1. The largest absolute Gasteiger partial charge is 0.480 e. The van der Waals surface area contributed by atoms with E-state index in [2.05, 4.69) is 25.9 Å². The van der Waals surface area contributed by atoms with Crippen molar-refractivity contribution >= 4 is 40.6 Å². The number of fused-ring (bicyclic) bond motifs is 1. The molecule has 0 aliphatic heterocycles. The molecule has 41 heavy (non-hydrogen) atoms. The first-order valence-corrected chi connectivity index (χ1v) is 13.9. The molecule has 0 radical (unpaired) electrons. The molecule has 0 saturated heterocycles. The lowest BCUT2D eigenvalue weighted by Gasteiger charge is -2.28. The third kappa shape index (κ3) is 9.78. The highest BCUT2D eigenvalue weighted by molar-refractivity contribution is 5.95. The number of aromatic nitrogens is 1. The Balaban J connectivity index is 2.27. The first-order chi connectivity index (χ1) is 19.3. The maximum Gasteiger partial charge on any atom is 0.326 e. The van der Waals surface area contributed by atoms with Gasteiger partial charge in [-0.2, -0.15) is 0 Å². The van der Waals surface area contributed by atoms with Crippen LogP contribution < -0.4 is 33.2 Å². The second kappa shape index (κ2) is 15.6. The number of hydrogen-bond acceptors (Lipinski definition) is 6. The second-order valence-corrected chi connectivity index (χ2v) is 10.6. The van der Waals surface area contributed by atoms with Gasteiger partial charge >= 0.3 is 5.97 Å². The van der Waals surface area contributed by atoms with E-state index >= 15 is 0 Å². The van der Waals surface area contributed by atoms with Crippen molar-refractivity contribution in [3.63, 3.8) is 0 Å². The first-order valence-electron chi connectivity index (χ1n) is 13.9. The number of aromatic amines is 1. The van der Waals surface area contributed by atoms with Crippen LogP contribution in [0, 0.1) is 11.8 Å². The number of carboxylic acid groups (broad SMARTS) is 1. The van der Waals surface area contributed by atoms with Crippen molar-refractivity contribution in [2.45, 2.75) is 77.5 Å². The van der Waals surface area contributed by atoms with E-state index in [4.69, 9.17) is 17.2 Å². The van der Waals surface area contributed by atoms with Crippen molar-refractivity contribution in [2.24, 2.45) is 34.0 Å². The summed E-state index contributed by atoms with van der Waals surface area (Å²) in [5, 5.41) is 18.6. The van der Waals surface area contributed by atoms with Crippen LogP contribution in [0.15, 0.2) is 35.5 Å². The SMILES string of the molecule is CCC(C)C(NC(=O)C(Cc1c[nH]c2ccccc12)NC(=O)C(N)C(C)C)C(=O)NC(CCCN=C(N)N)C(=O)O. The standard InChI is InChI=1S/C28H44N8O5/c1-5-16(4)23(26(39)34-20(27(40)41)11-8-12-32-28(30)31)36-24(37)21(35-25(38)22(29)15(2)3)13-17-14-33-19-10-7-6-9-18(17)19/h6-7,9-10,14-16,20-23,33H,5,8,11-13,29H2,1-4H3,(H,34,39)(H,35,38)(H,36,37)(H,40,41)(H4,30,31,32). The van der Waals surface area contributed by atoms with Gasteiger partial charge in [0.1, 0.15) is 18.1 Å². The molecule has 0 saturated carbocycles. The normalized spacial score (nSPS) is 14.9. The minimum atomic E-state index is -1.22. The number of benzene rings is 1. The molecule has 1 heterocycles. The number of H-pyrrole nitrogens is 1. The molecular formula is C28H44N8O5. The zero-order valence-electron chi connectivity index (χ0n) is 24.1. The number of aliphatic carboxylic acids is 1. The molecule has 2 aromatic rings. The molecule has 1 aromatic carbocycles. The second-order valence-electron chi connectivity index (χ2n) is 10.6. The van der Waals surface area contributed by atoms with Crippen molar-refractivity contribution < 1.29 is 24.3 Å². The smallest absolute Gasteiger partial charge is 0.326 e. The highest BCUT2D eigenvalue weighted by Crippen LogP contribution is 2.20. The van der Waals surface area contributed by atoms with Crippen LogP contribution in [0.2, 0.25) is 0 Å². The Morgan fingerprint density at radius 2 is 1.63 bits per heavy atom. The number of hydrogen-bond donors (Lipinski definition) is 8. The van der Waals surface area contributed by atoms with Gasteiger partial charge in [-0.1, -0.05) is 52.3 Å². The van der Waals surface area contributed by atoms with E-state index < -0.39 is 47.9 Å². The van der Waals surface area contributed by atoms with E-state index in [1.165, 1.54) is 0 Å². The zero-order valence-corrected chi connectivity index (χ0v) is 24.1. The molecule has 0 spiro atoms. The van der Waals surface area contributed by atoms with Crippen LogP contribution >= 0.6 is 0 Å². The Hall–Kier alpha value is -4.13. The van der Waals surface area contributed by atoms with Crippen molar-refractivity contribution in [1.82, 2.24) is 20.9 Å². The van der Waals surface area contributed by atoms with Crippen LogP contribution in [0.25, 0.3) is 10.9 Å². The summed E-state index contributed by atoms with van der Waals surface area (Å²) in [5.74, 6) is -3.54. The van der Waals surface area contributed by atoms with Gasteiger partial charge in [-0.25, -0.2) is 4.79 Å². The van der Waals surface area contributed by atoms with E-state index in [9.17, 15) is 24.3 Å². The van der Waals surface area contributed by atoms with Gasteiger partial charge in [0.05, 0.1) is 6.04 Å². The molecule has 2 rings (SSSR count). The number of aliphatic imine (C=N–C) groups is 1. The number of para-hydroxylation sites is 1. The molecule has 0 bridgehead atoms. The Morgan fingerprint density at radius 1 is 0.976 bits per heavy atom. The van der Waals surface area contributed by atoms with Gasteiger partial charge in [0, 0.05) is 30.1 Å². The summed E-state index contributed by atoms with van der Waals surface area (Å²) in [6, 6.07) is 3.45. The quantitative estimate of drug-likeness (QED) is 0.0791. The molecule has 11 N–H and O–H groups in total. The monoisotopic (exact) mass is 572 g/mol. The molecular weight excluding hydrogens is 528 g/mol. The fourth-order valence-corrected chi connectivity index (χ4v) is 4.28. The minimum Gasteiger partial charge on any atom is -0.480 e. The van der Waals surface area contributed by atoms with Crippen LogP contribution in [0.4, 0.5) is 0 Å². The van der Waals surface area contributed by atoms with E-state index in [0.29, 0.717) is 12.8 Å². The molecule has 13 heteroatoms. The maximum absolute atomic E-state index is 13.7. The Kier molecular flexibility index (Phi) is 12.6. The van der Waals surface area contributed by atoms with Gasteiger partial charge in [0.25, 0.3) is 0 Å². The molecule has 5 unspecified atom stereocenters. The van der Waals surface area contributed by atoms with Crippen molar-refractivity contribution in [1.29, 1.82) is 0 Å². The molecule has 13 nitrogen and oxygen atoms in total. The molecule has 1 aromatic heterocycles. The lowest BCUT2D eigenvalue weighted by Crippen LogP contribution is -2.59. The molecule has 0 fully saturated rings. The van der Waals surface area contributed by atoms with Crippen LogP contribution in [0.3, 0.4) is 0 Å². The number of carbonyl (C=O) groups is 4. The van der Waals surface area contributed by atoms with Gasteiger partial charge in [0.2, 0.25) is 17.7 Å². The number of nitrogens with one attached hydrogen (secondary N) is 4. The summed E-state index contributed by atoms with van der Waals surface area (Å²) in [6.07, 6.45) is 2.86. The highest BCUT2D eigenvalue weighted by Gasteiger charge is 2.33. The number of nitrogens with zero attached hydrogens (tertiary/aromatic N) is 1. The van der Waals surface area contributed by atoms with Crippen LogP contribution in [0.5, 0.6) is 0 Å². The molecule has 226 valence electrons. The molecule has 0 aliphatic carbocycles. The predicted octanol–water partition coefficient (Wildman–Crippen LogP) is 0.332. The van der Waals surface area contributed by atoms with Crippen LogP contribution in [-0.4, -0.2) is 70.5 Å². The minimum absolute atomic E-state index is 0.0887. The summed E-state index contributed by atoms with van der Waals surface area (Å²) in [7, 11) is 0. The number of nitrogens with two attached hydrogens (primary N) is 3. The Labute approximate surface area is 240 Å². The van der Waals surface area contributed by atoms with Gasteiger partial charge in [-0.3, -0.25) is 19.4 Å². The fraction of sp³-hybridized carbons (Fsp3) is 0.536. The van der Waals surface area contributed by atoms with E-state index in [0.717, 1.165) is 16.5 Å². The van der Waals surface area contributed by atoms with E-state index in [1.54, 1.807) is 27.0 Å². The fourth-order valence-electron chi connectivity index (χ4n) is 4.28. The number of guanidine groups is 1. The number of carbonyl (C=O) groups excluding carboxylic acids is 3. The van der Waals surface area contributed by atoms with Crippen LogP contribution in [-0.2, 0) is 25.6 Å². The Bertz CT molecular complexity index is 1220. The molecule has 5 atom stereocenters. The third-order valence-electron chi connectivity index (χ3n) is 7.11. The van der Waals surface area contributed by atoms with Crippen molar-refractivity contribution in [2.75, 3.05) is 6.54 Å². The maximum atomic E-state index is 13.7. The average Bonchev–Trinajstić information content (AvgIpc) is 3.34. The predicted molar refractivity (Wildman–Crippen MR) is 158 cm³/mol. The third-order valence-corrected chi connectivity index (χ3v) is 7.11.